The highest BCUT2D eigenvalue weighted by Gasteiger charge is 2.18. The van der Waals surface area contributed by atoms with E-state index in [1.165, 1.54) is 12.1 Å². The molecule has 0 radical (unpaired) electrons. The molecular formula is C21H19FN2. The van der Waals surface area contributed by atoms with E-state index in [4.69, 9.17) is 0 Å². The molecule has 3 aromatic rings. The molecule has 0 aliphatic carbocycles. The molecule has 0 spiro atoms. The number of para-hydroxylation sites is 1. The zero-order valence-corrected chi connectivity index (χ0v) is 14.0. The second-order valence-electron chi connectivity index (χ2n) is 6.19. The number of fused-ring (bicyclic) bond motifs is 1. The summed E-state index contributed by atoms with van der Waals surface area (Å²) in [7, 11) is 0. The Kier molecular flexibility index (Phi) is 4.22. The van der Waals surface area contributed by atoms with Crippen LogP contribution in [0.1, 0.15) is 32.5 Å². The van der Waals surface area contributed by atoms with Crippen LogP contribution < -0.4 is 0 Å². The van der Waals surface area contributed by atoms with Gasteiger partial charge in [0.1, 0.15) is 5.82 Å². The third-order valence-electron chi connectivity index (χ3n) is 4.13. The lowest BCUT2D eigenvalue weighted by Crippen LogP contribution is -2.03. The maximum absolute atomic E-state index is 13.4. The van der Waals surface area contributed by atoms with Crippen molar-refractivity contribution in [3.63, 3.8) is 0 Å². The standard InChI is InChI=1S/C21H19FN2/c1-14(2)24-19-7-5-4-6-18(19)21(20(24)12-15(3)13-23)16-8-10-17(22)11-9-16/h4-12,14H,1-3H3. The van der Waals surface area contributed by atoms with Gasteiger partial charge in [-0.3, -0.25) is 0 Å². The van der Waals surface area contributed by atoms with Crippen LogP contribution in [0.4, 0.5) is 4.39 Å². The second kappa shape index (κ2) is 6.33. The summed E-state index contributed by atoms with van der Waals surface area (Å²) < 4.78 is 15.6. The van der Waals surface area contributed by atoms with Crippen molar-refractivity contribution in [2.24, 2.45) is 0 Å². The minimum atomic E-state index is -0.253. The molecule has 0 fully saturated rings. The Morgan fingerprint density at radius 1 is 1.12 bits per heavy atom. The van der Waals surface area contributed by atoms with Crippen molar-refractivity contribution in [3.8, 4) is 17.2 Å². The maximum Gasteiger partial charge on any atom is 0.123 e. The Bertz CT molecular complexity index is 954. The summed E-state index contributed by atoms with van der Waals surface area (Å²) in [4.78, 5) is 0. The number of nitrogens with zero attached hydrogens (tertiary/aromatic N) is 2. The summed E-state index contributed by atoms with van der Waals surface area (Å²) in [5, 5.41) is 10.3. The summed E-state index contributed by atoms with van der Waals surface area (Å²) in [6.45, 7) is 6.05. The van der Waals surface area contributed by atoms with Gasteiger partial charge in [0, 0.05) is 28.1 Å². The van der Waals surface area contributed by atoms with Gasteiger partial charge in [0.05, 0.1) is 11.8 Å². The van der Waals surface area contributed by atoms with Gasteiger partial charge in [-0.2, -0.15) is 5.26 Å². The van der Waals surface area contributed by atoms with Crippen LogP contribution in [0, 0.1) is 17.1 Å². The molecule has 0 aliphatic heterocycles. The van der Waals surface area contributed by atoms with E-state index < -0.39 is 0 Å². The Labute approximate surface area is 141 Å². The van der Waals surface area contributed by atoms with Crippen LogP contribution in [0.5, 0.6) is 0 Å². The van der Waals surface area contributed by atoms with Crippen molar-refractivity contribution in [1.29, 1.82) is 5.26 Å². The molecule has 1 heterocycles. The number of nitriles is 1. The Morgan fingerprint density at radius 3 is 2.42 bits per heavy atom. The molecule has 0 saturated carbocycles. The predicted molar refractivity (Wildman–Crippen MR) is 97.0 cm³/mol. The van der Waals surface area contributed by atoms with Gasteiger partial charge in [0.25, 0.3) is 0 Å². The smallest absolute Gasteiger partial charge is 0.123 e. The molecule has 2 aromatic carbocycles. The maximum atomic E-state index is 13.4. The van der Waals surface area contributed by atoms with E-state index in [9.17, 15) is 9.65 Å². The van der Waals surface area contributed by atoms with Crippen molar-refractivity contribution in [1.82, 2.24) is 4.57 Å². The van der Waals surface area contributed by atoms with E-state index in [2.05, 4.69) is 36.6 Å². The van der Waals surface area contributed by atoms with Gasteiger partial charge >= 0.3 is 0 Å². The van der Waals surface area contributed by atoms with Crippen LogP contribution in [0.2, 0.25) is 0 Å². The first-order valence-electron chi connectivity index (χ1n) is 8.00. The summed E-state index contributed by atoms with van der Waals surface area (Å²) in [5.41, 5.74) is 4.72. The van der Waals surface area contributed by atoms with Crippen LogP contribution in [-0.2, 0) is 0 Å². The van der Waals surface area contributed by atoms with Gasteiger partial charge < -0.3 is 4.57 Å². The lowest BCUT2D eigenvalue weighted by molar-refractivity contribution is 0.618. The lowest BCUT2D eigenvalue weighted by Gasteiger charge is -2.14. The van der Waals surface area contributed by atoms with Gasteiger partial charge in [0.2, 0.25) is 0 Å². The van der Waals surface area contributed by atoms with E-state index in [-0.39, 0.29) is 11.9 Å². The topological polar surface area (TPSA) is 28.7 Å². The monoisotopic (exact) mass is 318 g/mol. The average Bonchev–Trinajstić information content (AvgIpc) is 2.89. The van der Waals surface area contributed by atoms with Crippen LogP contribution >= 0.6 is 0 Å². The van der Waals surface area contributed by atoms with E-state index >= 15 is 0 Å². The van der Waals surface area contributed by atoms with Gasteiger partial charge in [-0.05, 0) is 50.6 Å². The molecule has 0 atom stereocenters. The van der Waals surface area contributed by atoms with Crippen molar-refractivity contribution in [3.05, 3.63) is 65.6 Å². The van der Waals surface area contributed by atoms with Crippen molar-refractivity contribution in [2.75, 3.05) is 0 Å². The number of hydrogen-bond acceptors (Lipinski definition) is 1. The SMILES string of the molecule is CC(C#N)=Cc1c(-c2ccc(F)cc2)c2ccccc2n1C(C)C. The zero-order valence-electron chi connectivity index (χ0n) is 14.0. The molecule has 2 nitrogen and oxygen atoms in total. The molecule has 3 rings (SSSR count). The first kappa shape index (κ1) is 16.0. The summed E-state index contributed by atoms with van der Waals surface area (Å²) >= 11 is 0. The van der Waals surface area contributed by atoms with E-state index in [0.29, 0.717) is 5.57 Å². The van der Waals surface area contributed by atoms with E-state index in [1.807, 2.05) is 18.2 Å². The van der Waals surface area contributed by atoms with Crippen LogP contribution in [-0.4, -0.2) is 4.57 Å². The number of allylic oxidation sites excluding steroid dienone is 1. The van der Waals surface area contributed by atoms with Crippen molar-refractivity contribution in [2.45, 2.75) is 26.8 Å². The number of aromatic nitrogens is 1. The molecule has 0 aliphatic rings. The Hall–Kier alpha value is -2.86. The highest BCUT2D eigenvalue weighted by Crippen LogP contribution is 2.38. The molecule has 0 N–H and O–H groups in total. The quantitative estimate of drug-likeness (QED) is 0.548. The lowest BCUT2D eigenvalue weighted by atomic mass is 10.0. The highest BCUT2D eigenvalue weighted by atomic mass is 19.1. The van der Waals surface area contributed by atoms with Crippen LogP contribution in [0.25, 0.3) is 28.1 Å². The van der Waals surface area contributed by atoms with Crippen LogP contribution in [0.3, 0.4) is 0 Å². The third-order valence-corrected chi connectivity index (χ3v) is 4.13. The fourth-order valence-electron chi connectivity index (χ4n) is 3.14. The fraction of sp³-hybridized carbons (Fsp3) is 0.190. The van der Waals surface area contributed by atoms with Gasteiger partial charge in [0.15, 0.2) is 0 Å². The zero-order chi connectivity index (χ0) is 17.3. The second-order valence-corrected chi connectivity index (χ2v) is 6.19. The van der Waals surface area contributed by atoms with E-state index in [1.54, 1.807) is 19.1 Å². The first-order chi connectivity index (χ1) is 11.5. The molecule has 0 saturated heterocycles. The number of benzene rings is 2. The molecule has 3 heteroatoms. The summed E-state index contributed by atoms with van der Waals surface area (Å²) in [5.74, 6) is -0.253. The fourth-order valence-corrected chi connectivity index (χ4v) is 3.14. The molecule has 0 unspecified atom stereocenters. The number of halogens is 1. The van der Waals surface area contributed by atoms with Crippen molar-refractivity contribution >= 4 is 17.0 Å². The number of rotatable bonds is 3. The van der Waals surface area contributed by atoms with Gasteiger partial charge in [-0.25, -0.2) is 4.39 Å². The molecular weight excluding hydrogens is 299 g/mol. The van der Waals surface area contributed by atoms with Crippen molar-refractivity contribution < 1.29 is 4.39 Å². The van der Waals surface area contributed by atoms with Crippen LogP contribution in [0.15, 0.2) is 54.1 Å². The normalized spacial score (nSPS) is 11.9. The van der Waals surface area contributed by atoms with Gasteiger partial charge in [-0.15, -0.1) is 0 Å². The largest absolute Gasteiger partial charge is 0.338 e. The predicted octanol–water partition coefficient (Wildman–Crippen LogP) is 5.96. The summed E-state index contributed by atoms with van der Waals surface area (Å²) in [6, 6.07) is 17.1. The molecule has 120 valence electrons. The highest BCUT2D eigenvalue weighted by molar-refractivity contribution is 6.01. The first-order valence-corrected chi connectivity index (χ1v) is 8.00. The van der Waals surface area contributed by atoms with Gasteiger partial charge in [-0.1, -0.05) is 30.3 Å². The Balaban J connectivity index is 2.44. The number of hydrogen-bond donors (Lipinski definition) is 0. The Morgan fingerprint density at radius 2 is 1.79 bits per heavy atom. The molecule has 1 aromatic heterocycles. The minimum Gasteiger partial charge on any atom is -0.338 e. The minimum absolute atomic E-state index is 0.238. The molecule has 0 bridgehead atoms. The van der Waals surface area contributed by atoms with E-state index in [0.717, 1.165) is 27.7 Å². The molecule has 24 heavy (non-hydrogen) atoms. The third kappa shape index (κ3) is 2.72. The molecule has 0 amide bonds. The average molecular weight is 318 g/mol. The summed E-state index contributed by atoms with van der Waals surface area (Å²) in [6.07, 6.45) is 1.92.